The molecule has 0 aliphatic heterocycles. The van der Waals surface area contributed by atoms with E-state index in [9.17, 15) is 0 Å². The van der Waals surface area contributed by atoms with E-state index < -0.39 is 0 Å². The zero-order valence-corrected chi connectivity index (χ0v) is 9.98. The molecule has 0 unspecified atom stereocenters. The standard InChI is InChI=1S/C14H15N3/c1-3-11(2)10-17-13-7-5-4-6-12(13)16-14(17)8-9-15/h4-7H,2-3,8,10H2,1H3. The van der Waals surface area contributed by atoms with Crippen molar-refractivity contribution in [2.75, 3.05) is 0 Å². The molecule has 1 heterocycles. The number of benzene rings is 1. The average molecular weight is 225 g/mol. The molecule has 3 heteroatoms. The Hall–Kier alpha value is -2.08. The van der Waals surface area contributed by atoms with Gasteiger partial charge < -0.3 is 4.57 Å². The summed E-state index contributed by atoms with van der Waals surface area (Å²) in [5, 5.41) is 8.83. The molecule has 0 spiro atoms. The number of nitriles is 1. The summed E-state index contributed by atoms with van der Waals surface area (Å²) in [6, 6.07) is 10.1. The van der Waals surface area contributed by atoms with Crippen LogP contribution in [0.4, 0.5) is 0 Å². The van der Waals surface area contributed by atoms with Crippen molar-refractivity contribution in [2.45, 2.75) is 26.3 Å². The van der Waals surface area contributed by atoms with E-state index >= 15 is 0 Å². The van der Waals surface area contributed by atoms with E-state index in [1.807, 2.05) is 24.3 Å². The predicted octanol–water partition coefficient (Wildman–Crippen LogP) is 3.07. The van der Waals surface area contributed by atoms with E-state index in [-0.39, 0.29) is 0 Å². The molecule has 0 radical (unpaired) electrons. The highest BCUT2D eigenvalue weighted by Gasteiger charge is 2.10. The number of rotatable bonds is 4. The van der Waals surface area contributed by atoms with Crippen molar-refractivity contribution >= 4 is 11.0 Å². The monoisotopic (exact) mass is 225 g/mol. The molecule has 0 saturated carbocycles. The molecule has 17 heavy (non-hydrogen) atoms. The molecule has 1 aromatic carbocycles. The second-order valence-electron chi connectivity index (χ2n) is 4.04. The van der Waals surface area contributed by atoms with Crippen molar-refractivity contribution in [3.8, 4) is 6.07 Å². The molecule has 0 amide bonds. The Morgan fingerprint density at radius 2 is 2.24 bits per heavy atom. The first-order valence-corrected chi connectivity index (χ1v) is 5.74. The van der Waals surface area contributed by atoms with E-state index in [0.717, 1.165) is 35.4 Å². The van der Waals surface area contributed by atoms with E-state index in [0.29, 0.717) is 6.42 Å². The molecule has 3 nitrogen and oxygen atoms in total. The van der Waals surface area contributed by atoms with Crippen molar-refractivity contribution in [2.24, 2.45) is 0 Å². The fraction of sp³-hybridized carbons (Fsp3) is 0.286. The lowest BCUT2D eigenvalue weighted by atomic mass is 10.2. The summed E-state index contributed by atoms with van der Waals surface area (Å²) in [6.45, 7) is 6.86. The highest BCUT2D eigenvalue weighted by Crippen LogP contribution is 2.18. The van der Waals surface area contributed by atoms with Crippen LogP contribution in [0.3, 0.4) is 0 Å². The maximum atomic E-state index is 8.83. The summed E-state index contributed by atoms with van der Waals surface area (Å²) >= 11 is 0. The number of aromatic nitrogens is 2. The number of hydrogen-bond donors (Lipinski definition) is 0. The van der Waals surface area contributed by atoms with Crippen LogP contribution in [0.15, 0.2) is 36.4 Å². The molecule has 0 aliphatic rings. The van der Waals surface area contributed by atoms with Gasteiger partial charge in [-0.3, -0.25) is 0 Å². The summed E-state index contributed by atoms with van der Waals surface area (Å²) in [7, 11) is 0. The van der Waals surface area contributed by atoms with Crippen LogP contribution in [-0.4, -0.2) is 9.55 Å². The first-order chi connectivity index (χ1) is 8.26. The van der Waals surface area contributed by atoms with Crippen LogP contribution in [0.1, 0.15) is 19.2 Å². The van der Waals surface area contributed by atoms with Gasteiger partial charge in [0.1, 0.15) is 5.82 Å². The van der Waals surface area contributed by atoms with Crippen molar-refractivity contribution in [1.82, 2.24) is 9.55 Å². The van der Waals surface area contributed by atoms with Gasteiger partial charge in [-0.05, 0) is 18.6 Å². The maximum Gasteiger partial charge on any atom is 0.124 e. The van der Waals surface area contributed by atoms with Gasteiger partial charge in [0.2, 0.25) is 0 Å². The Labute approximate surface area is 101 Å². The molecule has 2 rings (SSSR count). The molecule has 2 aromatic rings. The third-order valence-electron chi connectivity index (χ3n) is 2.85. The van der Waals surface area contributed by atoms with E-state index in [1.165, 1.54) is 0 Å². The summed E-state index contributed by atoms with van der Waals surface area (Å²) in [5.74, 6) is 0.823. The smallest absolute Gasteiger partial charge is 0.124 e. The molecule has 0 atom stereocenters. The maximum absolute atomic E-state index is 8.83. The fourth-order valence-corrected chi connectivity index (χ4v) is 1.84. The third-order valence-corrected chi connectivity index (χ3v) is 2.85. The zero-order chi connectivity index (χ0) is 12.3. The second kappa shape index (κ2) is 4.84. The third kappa shape index (κ3) is 2.21. The van der Waals surface area contributed by atoms with E-state index in [2.05, 4.69) is 29.1 Å². The number of nitrogens with zero attached hydrogens (tertiary/aromatic N) is 3. The van der Waals surface area contributed by atoms with E-state index in [4.69, 9.17) is 5.26 Å². The molecule has 1 aromatic heterocycles. The quantitative estimate of drug-likeness (QED) is 0.750. The van der Waals surface area contributed by atoms with Gasteiger partial charge in [-0.1, -0.05) is 31.2 Å². The number of fused-ring (bicyclic) bond motifs is 1. The average Bonchev–Trinajstić information content (AvgIpc) is 2.68. The van der Waals surface area contributed by atoms with Gasteiger partial charge in [0.15, 0.2) is 0 Å². The van der Waals surface area contributed by atoms with Crippen LogP contribution in [0, 0.1) is 11.3 Å². The second-order valence-corrected chi connectivity index (χ2v) is 4.04. The summed E-state index contributed by atoms with van der Waals surface area (Å²) in [6.07, 6.45) is 1.28. The molecule has 0 saturated heterocycles. The normalized spacial score (nSPS) is 10.4. The molecule has 0 aliphatic carbocycles. The molecule has 0 bridgehead atoms. The zero-order valence-electron chi connectivity index (χ0n) is 9.98. The number of allylic oxidation sites excluding steroid dienone is 1. The van der Waals surface area contributed by atoms with Gasteiger partial charge in [0, 0.05) is 6.54 Å². The lowest BCUT2D eigenvalue weighted by molar-refractivity contribution is 0.739. The van der Waals surface area contributed by atoms with Crippen LogP contribution in [0.25, 0.3) is 11.0 Å². The predicted molar refractivity (Wildman–Crippen MR) is 68.5 cm³/mol. The van der Waals surface area contributed by atoms with Crippen molar-refractivity contribution in [1.29, 1.82) is 5.26 Å². The molecular weight excluding hydrogens is 210 g/mol. The molecule has 0 fully saturated rings. The van der Waals surface area contributed by atoms with Gasteiger partial charge in [0.25, 0.3) is 0 Å². The Bertz CT molecular complexity index is 587. The fourth-order valence-electron chi connectivity index (χ4n) is 1.84. The molecular formula is C14H15N3. The molecule has 0 N–H and O–H groups in total. The number of imidazole rings is 1. The van der Waals surface area contributed by atoms with Crippen LogP contribution in [0.5, 0.6) is 0 Å². The SMILES string of the molecule is C=C(CC)Cn1c(CC#N)nc2ccccc21. The first-order valence-electron chi connectivity index (χ1n) is 5.74. The minimum atomic E-state index is 0.339. The van der Waals surface area contributed by atoms with Crippen LogP contribution in [-0.2, 0) is 13.0 Å². The highest BCUT2D eigenvalue weighted by molar-refractivity contribution is 5.76. The van der Waals surface area contributed by atoms with E-state index in [1.54, 1.807) is 0 Å². The van der Waals surface area contributed by atoms with Crippen molar-refractivity contribution in [3.05, 3.63) is 42.2 Å². The lowest BCUT2D eigenvalue weighted by Crippen LogP contribution is -2.04. The highest BCUT2D eigenvalue weighted by atomic mass is 15.1. The van der Waals surface area contributed by atoms with Crippen molar-refractivity contribution in [3.63, 3.8) is 0 Å². The van der Waals surface area contributed by atoms with Gasteiger partial charge in [-0.2, -0.15) is 5.26 Å². The Balaban J connectivity index is 2.52. The van der Waals surface area contributed by atoms with Crippen LogP contribution >= 0.6 is 0 Å². The largest absolute Gasteiger partial charge is 0.323 e. The van der Waals surface area contributed by atoms with Gasteiger partial charge in [-0.15, -0.1) is 0 Å². The Morgan fingerprint density at radius 3 is 2.94 bits per heavy atom. The Morgan fingerprint density at radius 1 is 1.47 bits per heavy atom. The van der Waals surface area contributed by atoms with Crippen LogP contribution in [0.2, 0.25) is 0 Å². The van der Waals surface area contributed by atoms with Gasteiger partial charge in [0.05, 0.1) is 23.5 Å². The van der Waals surface area contributed by atoms with Crippen LogP contribution < -0.4 is 0 Å². The number of hydrogen-bond acceptors (Lipinski definition) is 2. The summed E-state index contributed by atoms with van der Waals surface area (Å²) in [5.41, 5.74) is 3.17. The number of para-hydroxylation sites is 2. The van der Waals surface area contributed by atoms with Gasteiger partial charge >= 0.3 is 0 Å². The minimum Gasteiger partial charge on any atom is -0.323 e. The Kier molecular flexibility index (Phi) is 3.24. The summed E-state index contributed by atoms with van der Waals surface area (Å²) in [4.78, 5) is 4.49. The topological polar surface area (TPSA) is 41.6 Å². The first kappa shape index (κ1) is 11.4. The molecule has 86 valence electrons. The lowest BCUT2D eigenvalue weighted by Gasteiger charge is -2.08. The van der Waals surface area contributed by atoms with Crippen molar-refractivity contribution < 1.29 is 0 Å². The minimum absolute atomic E-state index is 0.339. The van der Waals surface area contributed by atoms with Gasteiger partial charge in [-0.25, -0.2) is 4.98 Å². The summed E-state index contributed by atoms with van der Waals surface area (Å²) < 4.78 is 2.09.